The fourth-order valence-electron chi connectivity index (χ4n) is 1.05. The zero-order chi connectivity index (χ0) is 11.5. The first-order chi connectivity index (χ1) is 7.00. The molecule has 0 bridgehead atoms. The Kier molecular flexibility index (Phi) is 4.04. The number of rotatable bonds is 4. The Balaban J connectivity index is 2.71. The highest BCUT2D eigenvalue weighted by molar-refractivity contribution is 7.17. The molecule has 4 nitrogen and oxygen atoms in total. The fourth-order valence-corrected chi connectivity index (χ4v) is 1.78. The summed E-state index contributed by atoms with van der Waals surface area (Å²) >= 11 is 6.70. The summed E-state index contributed by atoms with van der Waals surface area (Å²) in [7, 11) is 0. The molecule has 1 heterocycles. The Morgan fingerprint density at radius 2 is 2.07 bits per heavy atom. The number of amides is 1. The molecular formula is C9H14ClN3OS. The van der Waals surface area contributed by atoms with Gasteiger partial charge in [0.15, 0.2) is 0 Å². The van der Waals surface area contributed by atoms with Crippen LogP contribution in [0.15, 0.2) is 0 Å². The lowest BCUT2D eigenvalue weighted by molar-refractivity contribution is 0.0900. The number of carbonyl (C=O) groups excluding carboxylic acids is 1. The average molecular weight is 248 g/mol. The molecule has 0 unspecified atom stereocenters. The van der Waals surface area contributed by atoms with E-state index in [1.807, 2.05) is 20.8 Å². The first-order valence-corrected chi connectivity index (χ1v) is 6.01. The number of nitrogens with zero attached hydrogens (tertiary/aromatic N) is 2. The van der Waals surface area contributed by atoms with E-state index in [0.29, 0.717) is 5.01 Å². The zero-order valence-electron chi connectivity index (χ0n) is 9.00. The van der Waals surface area contributed by atoms with Crippen molar-refractivity contribution in [2.75, 3.05) is 0 Å². The number of hydrogen-bond acceptors (Lipinski definition) is 4. The van der Waals surface area contributed by atoms with Gasteiger partial charge in [-0.3, -0.25) is 4.79 Å². The molecule has 1 rings (SSSR count). The quantitative estimate of drug-likeness (QED) is 0.890. The van der Waals surface area contributed by atoms with Crippen LogP contribution in [0.3, 0.4) is 0 Å². The Labute approximate surface area is 98.0 Å². The average Bonchev–Trinajstić information content (AvgIpc) is 2.65. The van der Waals surface area contributed by atoms with Crippen molar-refractivity contribution in [1.29, 1.82) is 0 Å². The first kappa shape index (κ1) is 12.4. The second kappa shape index (κ2) is 4.90. The summed E-state index contributed by atoms with van der Waals surface area (Å²) in [5.74, 6) is -0.203. The Hall–Kier alpha value is -0.680. The van der Waals surface area contributed by atoms with Crippen molar-refractivity contribution in [1.82, 2.24) is 15.5 Å². The van der Waals surface area contributed by atoms with Gasteiger partial charge in [0.2, 0.25) is 9.47 Å². The van der Waals surface area contributed by atoms with E-state index in [2.05, 4.69) is 15.5 Å². The maximum atomic E-state index is 11.7. The monoisotopic (exact) mass is 247 g/mol. The van der Waals surface area contributed by atoms with Crippen molar-refractivity contribution in [3.63, 3.8) is 0 Å². The Morgan fingerprint density at radius 3 is 2.47 bits per heavy atom. The van der Waals surface area contributed by atoms with Gasteiger partial charge in [-0.1, -0.05) is 25.2 Å². The van der Waals surface area contributed by atoms with Gasteiger partial charge in [-0.05, 0) is 31.4 Å². The van der Waals surface area contributed by atoms with Crippen LogP contribution in [0.2, 0.25) is 4.47 Å². The molecule has 0 atom stereocenters. The molecule has 1 aromatic heterocycles. The van der Waals surface area contributed by atoms with E-state index < -0.39 is 0 Å². The highest BCUT2D eigenvalue weighted by Gasteiger charge is 2.24. The van der Waals surface area contributed by atoms with Crippen molar-refractivity contribution in [2.45, 2.75) is 39.2 Å². The molecule has 15 heavy (non-hydrogen) atoms. The molecule has 0 aliphatic heterocycles. The molecule has 0 aliphatic rings. The molecule has 84 valence electrons. The fraction of sp³-hybridized carbons (Fsp3) is 0.667. The number of hydrogen-bond donors (Lipinski definition) is 1. The van der Waals surface area contributed by atoms with Crippen LogP contribution in [0.4, 0.5) is 0 Å². The molecule has 0 saturated heterocycles. The minimum Gasteiger partial charge on any atom is -0.345 e. The van der Waals surface area contributed by atoms with Gasteiger partial charge < -0.3 is 5.32 Å². The highest BCUT2D eigenvalue weighted by atomic mass is 35.5. The molecule has 1 amide bonds. The summed E-state index contributed by atoms with van der Waals surface area (Å²) in [6, 6.07) is 0. The third-order valence-electron chi connectivity index (χ3n) is 2.57. The number of aromatic nitrogens is 2. The van der Waals surface area contributed by atoms with Crippen LogP contribution in [0.25, 0.3) is 0 Å². The Bertz CT molecular complexity index is 349. The summed E-state index contributed by atoms with van der Waals surface area (Å²) in [6.07, 6.45) is 1.75. The highest BCUT2D eigenvalue weighted by Crippen LogP contribution is 2.18. The number of halogens is 1. The van der Waals surface area contributed by atoms with E-state index in [0.717, 1.165) is 24.2 Å². The van der Waals surface area contributed by atoms with Gasteiger partial charge in [-0.25, -0.2) is 0 Å². The zero-order valence-corrected chi connectivity index (χ0v) is 10.6. The van der Waals surface area contributed by atoms with Gasteiger partial charge in [0.05, 0.1) is 0 Å². The molecule has 1 aromatic rings. The van der Waals surface area contributed by atoms with E-state index in [-0.39, 0.29) is 15.9 Å². The molecule has 1 N–H and O–H groups in total. The van der Waals surface area contributed by atoms with Gasteiger partial charge in [0.1, 0.15) is 0 Å². The Morgan fingerprint density at radius 1 is 1.47 bits per heavy atom. The summed E-state index contributed by atoms with van der Waals surface area (Å²) in [5.41, 5.74) is -0.185. The largest absolute Gasteiger partial charge is 0.345 e. The molecule has 0 radical (unpaired) electrons. The lowest BCUT2D eigenvalue weighted by atomic mass is 9.96. The lowest BCUT2D eigenvalue weighted by Gasteiger charge is -2.27. The second-order valence-electron chi connectivity index (χ2n) is 3.58. The summed E-state index contributed by atoms with van der Waals surface area (Å²) < 4.78 is 0.287. The molecule has 0 aliphatic carbocycles. The van der Waals surface area contributed by atoms with Crippen LogP contribution in [-0.4, -0.2) is 21.6 Å². The smallest absolute Gasteiger partial charge is 0.282 e. The molecule has 6 heteroatoms. The van der Waals surface area contributed by atoms with Crippen molar-refractivity contribution >= 4 is 28.8 Å². The molecule has 0 fully saturated rings. The van der Waals surface area contributed by atoms with Gasteiger partial charge in [0.25, 0.3) is 5.91 Å². The third-order valence-corrected chi connectivity index (χ3v) is 3.59. The van der Waals surface area contributed by atoms with Crippen LogP contribution < -0.4 is 5.32 Å². The van der Waals surface area contributed by atoms with Gasteiger partial charge in [-0.2, -0.15) is 0 Å². The molecular weight excluding hydrogens is 234 g/mol. The van der Waals surface area contributed by atoms with Crippen LogP contribution in [0.1, 0.15) is 43.4 Å². The summed E-state index contributed by atoms with van der Waals surface area (Å²) in [5, 5.41) is 10.5. The number of carbonyl (C=O) groups is 1. The maximum absolute atomic E-state index is 11.7. The van der Waals surface area contributed by atoms with Crippen LogP contribution in [0.5, 0.6) is 0 Å². The van der Waals surface area contributed by atoms with E-state index in [9.17, 15) is 4.79 Å². The minimum absolute atomic E-state index is 0.185. The van der Waals surface area contributed by atoms with E-state index >= 15 is 0 Å². The van der Waals surface area contributed by atoms with Crippen LogP contribution in [0, 0.1) is 0 Å². The van der Waals surface area contributed by atoms with Crippen molar-refractivity contribution in [3.8, 4) is 0 Å². The van der Waals surface area contributed by atoms with Crippen LogP contribution in [-0.2, 0) is 0 Å². The summed E-state index contributed by atoms with van der Waals surface area (Å²) in [6.45, 7) is 6.08. The number of nitrogens with one attached hydrogen (secondary N) is 1. The SMILES string of the molecule is CCC(C)(CC)NC(=O)c1nnc(Cl)s1. The van der Waals surface area contributed by atoms with Crippen LogP contribution >= 0.6 is 22.9 Å². The van der Waals surface area contributed by atoms with Crippen molar-refractivity contribution in [2.24, 2.45) is 0 Å². The standard InChI is InChI=1S/C9H14ClN3OS/c1-4-9(3,5-2)11-6(14)7-12-13-8(10)15-7/h4-5H2,1-3H3,(H,11,14). The van der Waals surface area contributed by atoms with Crippen molar-refractivity contribution in [3.05, 3.63) is 9.47 Å². The minimum atomic E-state index is -0.203. The van der Waals surface area contributed by atoms with Crippen molar-refractivity contribution < 1.29 is 4.79 Å². The van der Waals surface area contributed by atoms with Gasteiger partial charge >= 0.3 is 0 Å². The van der Waals surface area contributed by atoms with E-state index in [1.165, 1.54) is 0 Å². The van der Waals surface area contributed by atoms with Gasteiger partial charge in [0, 0.05) is 5.54 Å². The predicted octanol–water partition coefficient (Wildman–Crippen LogP) is 2.50. The third kappa shape index (κ3) is 3.14. The predicted molar refractivity (Wildman–Crippen MR) is 61.4 cm³/mol. The van der Waals surface area contributed by atoms with Gasteiger partial charge in [-0.15, -0.1) is 10.2 Å². The summed E-state index contributed by atoms with van der Waals surface area (Å²) in [4.78, 5) is 11.7. The normalized spacial score (nSPS) is 11.5. The molecule has 0 aromatic carbocycles. The van der Waals surface area contributed by atoms with E-state index in [1.54, 1.807) is 0 Å². The lowest BCUT2D eigenvalue weighted by Crippen LogP contribution is -2.44. The first-order valence-electron chi connectivity index (χ1n) is 4.82. The molecule has 0 spiro atoms. The molecule has 0 saturated carbocycles. The maximum Gasteiger partial charge on any atom is 0.282 e. The second-order valence-corrected chi connectivity index (χ2v) is 5.14. The topological polar surface area (TPSA) is 54.9 Å². The van der Waals surface area contributed by atoms with E-state index in [4.69, 9.17) is 11.6 Å².